The number of hydrogen-bond acceptors (Lipinski definition) is 5. The highest BCUT2D eigenvalue weighted by molar-refractivity contribution is 7.98. The molecule has 2 rings (SSSR count). The van der Waals surface area contributed by atoms with E-state index in [-0.39, 0.29) is 0 Å². The topological polar surface area (TPSA) is 62.8 Å². The lowest BCUT2D eigenvalue weighted by molar-refractivity contribution is 0.337. The maximum atomic E-state index is 5.72. The van der Waals surface area contributed by atoms with E-state index in [9.17, 15) is 0 Å². The summed E-state index contributed by atoms with van der Waals surface area (Å²) in [5, 5.41) is 11.0. The summed E-state index contributed by atoms with van der Waals surface area (Å²) < 4.78 is 5.72. The van der Waals surface area contributed by atoms with Crippen molar-refractivity contribution in [3.63, 3.8) is 0 Å². The molecule has 1 aromatic carbocycles. The lowest BCUT2D eigenvalue weighted by atomic mass is 10.0. The van der Waals surface area contributed by atoms with E-state index < -0.39 is 0 Å². The van der Waals surface area contributed by atoms with Crippen LogP contribution in [-0.2, 0) is 5.75 Å². The maximum Gasteiger partial charge on any atom is 0.183 e. The third kappa shape index (κ3) is 4.47. The summed E-state index contributed by atoms with van der Waals surface area (Å²) in [5.41, 5.74) is 2.45. The molecule has 21 heavy (non-hydrogen) atoms. The summed E-state index contributed by atoms with van der Waals surface area (Å²) in [7, 11) is 0. The Bertz CT molecular complexity index is 545. The number of aromatic amines is 1. The first-order valence-electron chi connectivity index (χ1n) is 7.21. The molecular formula is C15H22N4OS. The minimum Gasteiger partial charge on any atom is -0.494 e. The number of aromatic nitrogens is 3. The second-order valence-corrected chi connectivity index (χ2v) is 5.62. The molecule has 1 aromatic heterocycles. The number of ether oxygens (including phenoxy) is 1. The van der Waals surface area contributed by atoms with Gasteiger partial charge in [-0.1, -0.05) is 24.8 Å². The van der Waals surface area contributed by atoms with Crippen LogP contribution in [0.15, 0.2) is 29.7 Å². The number of thioether (sulfide) groups is 1. The molecule has 0 saturated heterocycles. The zero-order valence-electron chi connectivity index (χ0n) is 12.7. The normalized spacial score (nSPS) is 12.3. The molecule has 0 bridgehead atoms. The van der Waals surface area contributed by atoms with Gasteiger partial charge >= 0.3 is 0 Å². The standard InChI is InChI=1S/C15H22N4OS/c1-4-16-11(3)12-6-7-14(20-5-2)13(8-12)9-21-15-17-10-18-19-15/h6-8,10-11,16H,4-5,9H2,1-3H3,(H,17,18,19). The second-order valence-electron chi connectivity index (χ2n) is 4.66. The van der Waals surface area contributed by atoms with Crippen molar-refractivity contribution < 1.29 is 4.74 Å². The van der Waals surface area contributed by atoms with Crippen molar-refractivity contribution in [2.24, 2.45) is 0 Å². The number of nitrogens with zero attached hydrogens (tertiary/aromatic N) is 2. The molecule has 0 fully saturated rings. The molecule has 0 aliphatic heterocycles. The van der Waals surface area contributed by atoms with Crippen LogP contribution in [0.25, 0.3) is 0 Å². The maximum absolute atomic E-state index is 5.72. The molecule has 6 heteroatoms. The molecule has 5 nitrogen and oxygen atoms in total. The number of H-pyrrole nitrogens is 1. The van der Waals surface area contributed by atoms with Crippen LogP contribution in [0.2, 0.25) is 0 Å². The SMILES string of the molecule is CCNC(C)c1ccc(OCC)c(CSc2ncn[nH]2)c1. The van der Waals surface area contributed by atoms with Crippen molar-refractivity contribution in [1.29, 1.82) is 0 Å². The lowest BCUT2D eigenvalue weighted by Crippen LogP contribution is -2.17. The molecule has 0 radical (unpaired) electrons. The Morgan fingerprint density at radius 1 is 1.38 bits per heavy atom. The first-order valence-corrected chi connectivity index (χ1v) is 8.20. The van der Waals surface area contributed by atoms with E-state index >= 15 is 0 Å². The molecular weight excluding hydrogens is 284 g/mol. The molecule has 0 amide bonds. The van der Waals surface area contributed by atoms with Gasteiger partial charge in [-0.2, -0.15) is 5.10 Å². The fourth-order valence-electron chi connectivity index (χ4n) is 2.11. The summed E-state index contributed by atoms with van der Waals surface area (Å²) in [5.74, 6) is 1.74. The van der Waals surface area contributed by atoms with Gasteiger partial charge in [0.05, 0.1) is 6.61 Å². The van der Waals surface area contributed by atoms with Gasteiger partial charge in [0.2, 0.25) is 0 Å². The highest BCUT2D eigenvalue weighted by Crippen LogP contribution is 2.29. The van der Waals surface area contributed by atoms with Gasteiger partial charge in [-0.25, -0.2) is 4.98 Å². The fraction of sp³-hybridized carbons (Fsp3) is 0.467. The first kappa shape index (κ1) is 15.9. The van der Waals surface area contributed by atoms with Crippen LogP contribution >= 0.6 is 11.8 Å². The van der Waals surface area contributed by atoms with E-state index in [1.807, 2.05) is 6.92 Å². The predicted octanol–water partition coefficient (Wildman–Crippen LogP) is 3.17. The lowest BCUT2D eigenvalue weighted by Gasteiger charge is -2.16. The third-order valence-electron chi connectivity index (χ3n) is 3.15. The quantitative estimate of drug-likeness (QED) is 0.734. The Morgan fingerprint density at radius 2 is 2.24 bits per heavy atom. The van der Waals surface area contributed by atoms with Gasteiger partial charge in [-0.05, 0) is 38.1 Å². The minimum atomic E-state index is 0.333. The van der Waals surface area contributed by atoms with Crippen molar-refractivity contribution >= 4 is 11.8 Å². The summed E-state index contributed by atoms with van der Waals surface area (Å²) in [6.45, 7) is 7.92. The average molecular weight is 306 g/mol. The molecule has 114 valence electrons. The largest absolute Gasteiger partial charge is 0.494 e. The molecule has 0 spiro atoms. The highest BCUT2D eigenvalue weighted by atomic mass is 32.2. The van der Waals surface area contributed by atoms with Crippen LogP contribution < -0.4 is 10.1 Å². The van der Waals surface area contributed by atoms with Crippen molar-refractivity contribution in [1.82, 2.24) is 20.5 Å². The summed E-state index contributed by atoms with van der Waals surface area (Å²) >= 11 is 1.62. The molecule has 1 heterocycles. The van der Waals surface area contributed by atoms with E-state index in [0.29, 0.717) is 12.6 Å². The smallest absolute Gasteiger partial charge is 0.183 e. The summed E-state index contributed by atoms with van der Waals surface area (Å²) in [6.07, 6.45) is 1.52. The van der Waals surface area contributed by atoms with Crippen molar-refractivity contribution in [3.05, 3.63) is 35.7 Å². The van der Waals surface area contributed by atoms with Gasteiger partial charge in [0.1, 0.15) is 12.1 Å². The Balaban J connectivity index is 2.15. The van der Waals surface area contributed by atoms with Gasteiger partial charge in [-0.15, -0.1) is 0 Å². The van der Waals surface area contributed by atoms with Crippen molar-refractivity contribution in [2.75, 3.05) is 13.2 Å². The van der Waals surface area contributed by atoms with Crippen LogP contribution in [0.1, 0.15) is 37.9 Å². The average Bonchev–Trinajstić information content (AvgIpc) is 3.00. The minimum absolute atomic E-state index is 0.333. The van der Waals surface area contributed by atoms with Crippen molar-refractivity contribution in [3.8, 4) is 5.75 Å². The van der Waals surface area contributed by atoms with Crippen LogP contribution in [-0.4, -0.2) is 28.3 Å². The number of hydrogen-bond donors (Lipinski definition) is 2. The number of rotatable bonds is 8. The van der Waals surface area contributed by atoms with Gasteiger partial charge < -0.3 is 10.1 Å². The summed E-state index contributed by atoms with van der Waals surface area (Å²) in [6, 6.07) is 6.73. The van der Waals surface area contributed by atoms with E-state index in [0.717, 1.165) is 23.2 Å². The Morgan fingerprint density at radius 3 is 2.90 bits per heavy atom. The van der Waals surface area contributed by atoms with Crippen LogP contribution in [0.3, 0.4) is 0 Å². The Labute approximate surface area is 129 Å². The van der Waals surface area contributed by atoms with Crippen LogP contribution in [0.4, 0.5) is 0 Å². The Kier molecular flexibility index (Phi) is 6.07. The number of benzene rings is 1. The zero-order valence-corrected chi connectivity index (χ0v) is 13.5. The molecule has 0 aliphatic carbocycles. The zero-order chi connectivity index (χ0) is 15.1. The van der Waals surface area contributed by atoms with Gasteiger partial charge in [-0.3, -0.25) is 5.10 Å². The first-order chi connectivity index (χ1) is 10.2. The molecule has 0 saturated carbocycles. The van der Waals surface area contributed by atoms with Gasteiger partial charge in [0, 0.05) is 17.4 Å². The van der Waals surface area contributed by atoms with Crippen LogP contribution in [0, 0.1) is 0 Å². The third-order valence-corrected chi connectivity index (χ3v) is 4.08. The van der Waals surface area contributed by atoms with E-state index in [1.54, 1.807) is 11.8 Å². The van der Waals surface area contributed by atoms with Gasteiger partial charge in [0.15, 0.2) is 5.16 Å². The van der Waals surface area contributed by atoms with E-state index in [4.69, 9.17) is 4.74 Å². The molecule has 1 unspecified atom stereocenters. The molecule has 2 N–H and O–H groups in total. The highest BCUT2D eigenvalue weighted by Gasteiger charge is 2.10. The summed E-state index contributed by atoms with van der Waals surface area (Å²) in [4.78, 5) is 4.14. The fourth-order valence-corrected chi connectivity index (χ4v) is 2.87. The van der Waals surface area contributed by atoms with Crippen molar-refractivity contribution in [2.45, 2.75) is 37.7 Å². The predicted molar refractivity (Wildman–Crippen MR) is 85.6 cm³/mol. The molecule has 0 aliphatic rings. The second kappa shape index (κ2) is 8.05. The Hall–Kier alpha value is -1.53. The monoisotopic (exact) mass is 306 g/mol. The van der Waals surface area contributed by atoms with Gasteiger partial charge in [0.25, 0.3) is 0 Å². The van der Waals surface area contributed by atoms with Crippen LogP contribution in [0.5, 0.6) is 5.75 Å². The molecule has 1 atom stereocenters. The number of nitrogens with one attached hydrogen (secondary N) is 2. The van der Waals surface area contributed by atoms with E-state index in [1.165, 1.54) is 17.5 Å². The van der Waals surface area contributed by atoms with E-state index in [2.05, 4.69) is 52.5 Å². The molecule has 2 aromatic rings.